The Morgan fingerprint density at radius 3 is 2.65 bits per heavy atom. The van der Waals surface area contributed by atoms with Crippen LogP contribution in [0, 0.1) is 17.6 Å². The van der Waals surface area contributed by atoms with Gasteiger partial charge in [0.05, 0.1) is 0 Å². The number of nitrogens with zero attached hydrogens (tertiary/aromatic N) is 1. The lowest BCUT2D eigenvalue weighted by molar-refractivity contribution is 0.108. The Bertz CT molecular complexity index is 493. The molecule has 0 radical (unpaired) electrons. The Hall–Kier alpha value is -1.69. The van der Waals surface area contributed by atoms with E-state index in [9.17, 15) is 8.78 Å². The maximum atomic E-state index is 13.5. The first-order valence-corrected chi connectivity index (χ1v) is 7.99. The van der Waals surface area contributed by atoms with Crippen LogP contribution in [0.25, 0.3) is 0 Å². The largest absolute Gasteiger partial charge is 0.381 e. The minimum atomic E-state index is -0.814. The zero-order valence-electron chi connectivity index (χ0n) is 14.2. The first-order chi connectivity index (χ1) is 11.0. The van der Waals surface area contributed by atoms with Gasteiger partial charge in [0, 0.05) is 33.4 Å². The van der Waals surface area contributed by atoms with Crippen molar-refractivity contribution >= 4 is 5.96 Å². The maximum absolute atomic E-state index is 13.5. The van der Waals surface area contributed by atoms with E-state index in [1.165, 1.54) is 6.07 Å². The van der Waals surface area contributed by atoms with Crippen molar-refractivity contribution in [2.45, 2.75) is 26.7 Å². The Morgan fingerprint density at radius 1 is 1.22 bits per heavy atom. The number of hydrogen-bond acceptors (Lipinski definition) is 2. The van der Waals surface area contributed by atoms with E-state index in [1.807, 2.05) is 0 Å². The van der Waals surface area contributed by atoms with Crippen LogP contribution in [0.2, 0.25) is 0 Å². The molecule has 0 aliphatic heterocycles. The number of guanidine groups is 1. The summed E-state index contributed by atoms with van der Waals surface area (Å²) in [5, 5.41) is 6.24. The van der Waals surface area contributed by atoms with Gasteiger partial charge in [-0.25, -0.2) is 8.78 Å². The van der Waals surface area contributed by atoms with Gasteiger partial charge in [0.15, 0.2) is 17.6 Å². The zero-order chi connectivity index (χ0) is 17.1. The summed E-state index contributed by atoms with van der Waals surface area (Å²) >= 11 is 0. The topological polar surface area (TPSA) is 45.7 Å². The SMILES string of the molecule is CN=C(NCCCOCC(C)C)NCCc1cccc(F)c1F. The van der Waals surface area contributed by atoms with Gasteiger partial charge < -0.3 is 15.4 Å². The lowest BCUT2D eigenvalue weighted by atomic mass is 10.1. The minimum Gasteiger partial charge on any atom is -0.381 e. The highest BCUT2D eigenvalue weighted by atomic mass is 19.2. The van der Waals surface area contributed by atoms with E-state index in [0.29, 0.717) is 37.0 Å². The van der Waals surface area contributed by atoms with Crippen molar-refractivity contribution in [3.05, 3.63) is 35.4 Å². The van der Waals surface area contributed by atoms with Crippen molar-refractivity contribution in [1.29, 1.82) is 0 Å². The van der Waals surface area contributed by atoms with Crippen molar-refractivity contribution in [3.8, 4) is 0 Å². The van der Waals surface area contributed by atoms with Crippen LogP contribution in [0.3, 0.4) is 0 Å². The molecule has 1 aromatic carbocycles. The average Bonchev–Trinajstić information content (AvgIpc) is 2.52. The second kappa shape index (κ2) is 10.9. The summed E-state index contributed by atoms with van der Waals surface area (Å²) in [6.45, 7) is 6.93. The second-order valence-electron chi connectivity index (χ2n) is 5.71. The third-order valence-corrected chi connectivity index (χ3v) is 3.15. The van der Waals surface area contributed by atoms with Crippen LogP contribution in [0.5, 0.6) is 0 Å². The molecule has 1 rings (SSSR count). The fraction of sp³-hybridized carbons (Fsp3) is 0.588. The van der Waals surface area contributed by atoms with Crippen LogP contribution in [0.4, 0.5) is 8.78 Å². The summed E-state index contributed by atoms with van der Waals surface area (Å²) in [4.78, 5) is 4.09. The number of rotatable bonds is 9. The molecule has 0 atom stereocenters. The molecule has 0 fully saturated rings. The van der Waals surface area contributed by atoms with E-state index in [2.05, 4.69) is 29.5 Å². The molecular formula is C17H27F2N3O. The number of hydrogen-bond donors (Lipinski definition) is 2. The summed E-state index contributed by atoms with van der Waals surface area (Å²) < 4.78 is 32.1. The van der Waals surface area contributed by atoms with Crippen molar-refractivity contribution < 1.29 is 13.5 Å². The summed E-state index contributed by atoms with van der Waals surface area (Å²) in [7, 11) is 1.67. The molecule has 0 heterocycles. The molecule has 130 valence electrons. The van der Waals surface area contributed by atoms with Crippen molar-refractivity contribution in [2.75, 3.05) is 33.4 Å². The lowest BCUT2D eigenvalue weighted by Crippen LogP contribution is -2.39. The van der Waals surface area contributed by atoms with E-state index in [-0.39, 0.29) is 0 Å². The van der Waals surface area contributed by atoms with Gasteiger partial charge in [-0.1, -0.05) is 26.0 Å². The minimum absolute atomic E-state index is 0.357. The van der Waals surface area contributed by atoms with Crippen LogP contribution in [0.1, 0.15) is 25.8 Å². The van der Waals surface area contributed by atoms with Crippen molar-refractivity contribution in [2.24, 2.45) is 10.9 Å². The van der Waals surface area contributed by atoms with Crippen LogP contribution in [-0.4, -0.2) is 39.3 Å². The first-order valence-electron chi connectivity index (χ1n) is 7.99. The Balaban J connectivity index is 2.20. The van der Waals surface area contributed by atoms with E-state index < -0.39 is 11.6 Å². The summed E-state index contributed by atoms with van der Waals surface area (Å²) in [5.74, 6) is -0.405. The van der Waals surface area contributed by atoms with Crippen LogP contribution >= 0.6 is 0 Å². The Kier molecular flexibility index (Phi) is 9.21. The molecule has 6 heteroatoms. The molecule has 0 aliphatic rings. The molecule has 2 N–H and O–H groups in total. The lowest BCUT2D eigenvalue weighted by Gasteiger charge is -2.12. The van der Waals surface area contributed by atoms with E-state index in [4.69, 9.17) is 4.74 Å². The molecule has 0 unspecified atom stereocenters. The van der Waals surface area contributed by atoms with Gasteiger partial charge in [0.25, 0.3) is 0 Å². The van der Waals surface area contributed by atoms with E-state index in [1.54, 1.807) is 13.1 Å². The van der Waals surface area contributed by atoms with Gasteiger partial charge in [-0.05, 0) is 30.4 Å². The number of ether oxygens (including phenoxy) is 1. The molecule has 0 saturated heterocycles. The summed E-state index contributed by atoms with van der Waals surface area (Å²) in [5.41, 5.74) is 0.357. The first kappa shape index (κ1) is 19.4. The highest BCUT2D eigenvalue weighted by Crippen LogP contribution is 2.11. The van der Waals surface area contributed by atoms with E-state index >= 15 is 0 Å². The van der Waals surface area contributed by atoms with Crippen LogP contribution in [0.15, 0.2) is 23.2 Å². The molecule has 1 aromatic rings. The van der Waals surface area contributed by atoms with Gasteiger partial charge in [-0.3, -0.25) is 4.99 Å². The van der Waals surface area contributed by atoms with Gasteiger partial charge in [0.1, 0.15) is 0 Å². The van der Waals surface area contributed by atoms with Gasteiger partial charge in [-0.2, -0.15) is 0 Å². The second-order valence-corrected chi connectivity index (χ2v) is 5.71. The van der Waals surface area contributed by atoms with Gasteiger partial charge >= 0.3 is 0 Å². The highest BCUT2D eigenvalue weighted by molar-refractivity contribution is 5.79. The Morgan fingerprint density at radius 2 is 1.96 bits per heavy atom. The molecule has 0 bridgehead atoms. The monoisotopic (exact) mass is 327 g/mol. The number of benzene rings is 1. The van der Waals surface area contributed by atoms with Crippen molar-refractivity contribution in [1.82, 2.24) is 10.6 Å². The highest BCUT2D eigenvalue weighted by Gasteiger charge is 2.07. The number of nitrogens with one attached hydrogen (secondary N) is 2. The fourth-order valence-corrected chi connectivity index (χ4v) is 1.98. The summed E-state index contributed by atoms with van der Waals surface area (Å²) in [6.07, 6.45) is 1.27. The quantitative estimate of drug-likeness (QED) is 0.416. The number of aliphatic imine (C=N–C) groups is 1. The Labute approximate surface area is 137 Å². The van der Waals surface area contributed by atoms with Gasteiger partial charge in [0.2, 0.25) is 0 Å². The standard InChI is InChI=1S/C17H27F2N3O/c1-13(2)12-23-11-5-9-21-17(20-3)22-10-8-14-6-4-7-15(18)16(14)19/h4,6-7,13H,5,8-12H2,1-3H3,(H2,20,21,22). The predicted octanol–water partition coefficient (Wildman–Crippen LogP) is 2.74. The average molecular weight is 327 g/mol. The third-order valence-electron chi connectivity index (χ3n) is 3.15. The molecule has 4 nitrogen and oxygen atoms in total. The van der Waals surface area contributed by atoms with Gasteiger partial charge in [-0.15, -0.1) is 0 Å². The van der Waals surface area contributed by atoms with E-state index in [0.717, 1.165) is 25.6 Å². The van der Waals surface area contributed by atoms with Crippen LogP contribution in [-0.2, 0) is 11.2 Å². The third kappa shape index (κ3) is 7.93. The summed E-state index contributed by atoms with van der Waals surface area (Å²) in [6, 6.07) is 4.22. The molecule has 23 heavy (non-hydrogen) atoms. The fourth-order valence-electron chi connectivity index (χ4n) is 1.98. The molecular weight excluding hydrogens is 300 g/mol. The molecule has 0 saturated carbocycles. The normalized spacial score (nSPS) is 11.8. The van der Waals surface area contributed by atoms with Crippen molar-refractivity contribution in [3.63, 3.8) is 0 Å². The number of halogens is 2. The molecule has 0 spiro atoms. The van der Waals surface area contributed by atoms with Crippen LogP contribution < -0.4 is 10.6 Å². The molecule has 0 aliphatic carbocycles. The molecule has 0 aromatic heterocycles. The smallest absolute Gasteiger partial charge is 0.190 e. The zero-order valence-corrected chi connectivity index (χ0v) is 14.2. The molecule has 0 amide bonds. The predicted molar refractivity (Wildman–Crippen MR) is 89.7 cm³/mol. The maximum Gasteiger partial charge on any atom is 0.190 e.